The second-order valence-electron chi connectivity index (χ2n) is 5.03. The van der Waals surface area contributed by atoms with E-state index in [9.17, 15) is 4.79 Å². The second kappa shape index (κ2) is 4.26. The number of aromatic amines is 1. The van der Waals surface area contributed by atoms with E-state index in [4.69, 9.17) is 10.2 Å². The molecule has 1 aromatic heterocycles. The van der Waals surface area contributed by atoms with Gasteiger partial charge in [-0.25, -0.2) is 4.79 Å². The Hall–Kier alpha value is -1.59. The average Bonchev–Trinajstić information content (AvgIpc) is 2.67. The van der Waals surface area contributed by atoms with Crippen LogP contribution < -0.4 is 16.8 Å². The van der Waals surface area contributed by atoms with Crippen molar-refractivity contribution in [3.8, 4) is 0 Å². The number of rotatable bonds is 3. The maximum absolute atomic E-state index is 11.1. The van der Waals surface area contributed by atoms with Gasteiger partial charge in [-0.15, -0.1) is 0 Å². The first-order chi connectivity index (χ1) is 8.67. The third kappa shape index (κ3) is 1.85. The second-order valence-corrected chi connectivity index (χ2v) is 5.03. The summed E-state index contributed by atoms with van der Waals surface area (Å²) in [5.74, 6) is 0.162. The van der Waals surface area contributed by atoms with Crippen LogP contribution in [0.5, 0.6) is 0 Å². The van der Waals surface area contributed by atoms with E-state index >= 15 is 0 Å². The summed E-state index contributed by atoms with van der Waals surface area (Å²) in [5, 5.41) is 3.33. The van der Waals surface area contributed by atoms with Gasteiger partial charge in [0.2, 0.25) is 0 Å². The predicted molar refractivity (Wildman–Crippen MR) is 69.3 cm³/mol. The van der Waals surface area contributed by atoms with Crippen molar-refractivity contribution in [1.29, 1.82) is 0 Å². The van der Waals surface area contributed by atoms with E-state index in [1.165, 1.54) is 5.56 Å². The topological polar surface area (TPSA) is 84.0 Å². The molecule has 1 saturated carbocycles. The van der Waals surface area contributed by atoms with Crippen LogP contribution >= 0.6 is 0 Å². The minimum atomic E-state index is -0.408. The highest BCUT2D eigenvalue weighted by molar-refractivity contribution is 5.72. The van der Waals surface area contributed by atoms with Gasteiger partial charge in [0.15, 0.2) is 5.58 Å². The van der Waals surface area contributed by atoms with Crippen molar-refractivity contribution < 1.29 is 4.42 Å². The molecule has 18 heavy (non-hydrogen) atoms. The fourth-order valence-electron chi connectivity index (χ4n) is 2.82. The standard InChI is InChI=1S/C13H17N3O2/c1-15-12(8-4-9(14)5-8)7-2-3-11-10(6-7)16-13(17)18-11/h2-3,6,8-9,12,15H,4-5,14H2,1H3,(H,16,17). The van der Waals surface area contributed by atoms with E-state index in [0.29, 0.717) is 17.5 Å². The van der Waals surface area contributed by atoms with Crippen LogP contribution in [-0.4, -0.2) is 18.1 Å². The number of oxazole rings is 1. The van der Waals surface area contributed by atoms with Gasteiger partial charge < -0.3 is 15.5 Å². The number of benzene rings is 1. The Labute approximate surface area is 104 Å². The van der Waals surface area contributed by atoms with E-state index in [2.05, 4.69) is 10.3 Å². The Kier molecular flexibility index (Phi) is 2.72. The van der Waals surface area contributed by atoms with Gasteiger partial charge in [-0.05, 0) is 43.5 Å². The number of H-pyrrole nitrogens is 1. The van der Waals surface area contributed by atoms with Crippen molar-refractivity contribution in [2.45, 2.75) is 24.9 Å². The van der Waals surface area contributed by atoms with Crippen LogP contribution in [0.15, 0.2) is 27.4 Å². The molecule has 0 amide bonds. The summed E-state index contributed by atoms with van der Waals surface area (Å²) >= 11 is 0. The van der Waals surface area contributed by atoms with Crippen molar-refractivity contribution >= 4 is 11.1 Å². The first-order valence-corrected chi connectivity index (χ1v) is 6.23. The molecule has 1 heterocycles. The summed E-state index contributed by atoms with van der Waals surface area (Å²) in [5.41, 5.74) is 8.36. The van der Waals surface area contributed by atoms with E-state index in [0.717, 1.165) is 18.4 Å². The molecule has 1 atom stereocenters. The Morgan fingerprint density at radius 1 is 1.50 bits per heavy atom. The Morgan fingerprint density at radius 2 is 2.28 bits per heavy atom. The van der Waals surface area contributed by atoms with Gasteiger partial charge in [-0.2, -0.15) is 0 Å². The molecule has 0 radical (unpaired) electrons. The van der Waals surface area contributed by atoms with E-state index in [-0.39, 0.29) is 6.04 Å². The van der Waals surface area contributed by atoms with Gasteiger partial charge in [0, 0.05) is 12.1 Å². The fraction of sp³-hybridized carbons (Fsp3) is 0.462. The molecular formula is C13H17N3O2. The predicted octanol–water partition coefficient (Wildman–Crippen LogP) is 1.12. The van der Waals surface area contributed by atoms with Crippen LogP contribution in [0.25, 0.3) is 11.1 Å². The lowest BCUT2D eigenvalue weighted by Crippen LogP contribution is -2.42. The van der Waals surface area contributed by atoms with Gasteiger partial charge in [0.1, 0.15) is 0 Å². The van der Waals surface area contributed by atoms with Crippen LogP contribution in [-0.2, 0) is 0 Å². The smallest absolute Gasteiger partial charge is 0.408 e. The Balaban J connectivity index is 1.94. The highest BCUT2D eigenvalue weighted by Gasteiger charge is 2.33. The molecule has 3 rings (SSSR count). The molecule has 0 spiro atoms. The number of nitrogens with one attached hydrogen (secondary N) is 2. The molecule has 4 N–H and O–H groups in total. The lowest BCUT2D eigenvalue weighted by Gasteiger charge is -2.38. The average molecular weight is 247 g/mol. The highest BCUT2D eigenvalue weighted by Crippen LogP contribution is 2.37. The maximum Gasteiger partial charge on any atom is 0.417 e. The molecule has 1 aromatic carbocycles. The number of hydrogen-bond acceptors (Lipinski definition) is 4. The third-order valence-corrected chi connectivity index (χ3v) is 3.80. The summed E-state index contributed by atoms with van der Waals surface area (Å²) in [6.07, 6.45) is 2.09. The molecule has 0 bridgehead atoms. The Morgan fingerprint density at radius 3 is 2.94 bits per heavy atom. The number of aromatic nitrogens is 1. The van der Waals surface area contributed by atoms with Crippen molar-refractivity contribution in [3.63, 3.8) is 0 Å². The minimum Gasteiger partial charge on any atom is -0.408 e. The van der Waals surface area contributed by atoms with Crippen molar-refractivity contribution in [2.24, 2.45) is 11.7 Å². The zero-order valence-corrected chi connectivity index (χ0v) is 10.3. The first-order valence-electron chi connectivity index (χ1n) is 6.23. The van der Waals surface area contributed by atoms with Crippen LogP contribution in [0.4, 0.5) is 0 Å². The van der Waals surface area contributed by atoms with Crippen molar-refractivity contribution in [3.05, 3.63) is 34.3 Å². The molecule has 1 fully saturated rings. The molecule has 0 aliphatic heterocycles. The fourth-order valence-corrected chi connectivity index (χ4v) is 2.82. The van der Waals surface area contributed by atoms with E-state index in [1.807, 2.05) is 25.2 Å². The van der Waals surface area contributed by atoms with Crippen LogP contribution in [0, 0.1) is 5.92 Å². The number of fused-ring (bicyclic) bond motifs is 1. The summed E-state index contributed by atoms with van der Waals surface area (Å²) in [7, 11) is 1.96. The summed E-state index contributed by atoms with van der Waals surface area (Å²) < 4.78 is 5.00. The van der Waals surface area contributed by atoms with Crippen LogP contribution in [0.2, 0.25) is 0 Å². The van der Waals surface area contributed by atoms with E-state index in [1.54, 1.807) is 0 Å². The van der Waals surface area contributed by atoms with E-state index < -0.39 is 5.76 Å². The monoisotopic (exact) mass is 247 g/mol. The zero-order chi connectivity index (χ0) is 12.7. The van der Waals surface area contributed by atoms with Crippen LogP contribution in [0.3, 0.4) is 0 Å². The van der Waals surface area contributed by atoms with Gasteiger partial charge in [-0.3, -0.25) is 4.98 Å². The molecule has 5 nitrogen and oxygen atoms in total. The molecule has 96 valence electrons. The SMILES string of the molecule is CNC(c1ccc2oc(=O)[nH]c2c1)C1CC(N)C1. The molecule has 2 aromatic rings. The van der Waals surface area contributed by atoms with Gasteiger partial charge >= 0.3 is 5.76 Å². The van der Waals surface area contributed by atoms with Crippen molar-refractivity contribution in [1.82, 2.24) is 10.3 Å². The summed E-state index contributed by atoms with van der Waals surface area (Å²) in [6.45, 7) is 0. The third-order valence-electron chi connectivity index (χ3n) is 3.80. The van der Waals surface area contributed by atoms with Crippen LogP contribution in [0.1, 0.15) is 24.4 Å². The number of hydrogen-bond donors (Lipinski definition) is 3. The first kappa shape index (κ1) is 11.5. The molecule has 0 saturated heterocycles. The normalized spacial score (nSPS) is 25.0. The number of nitrogens with two attached hydrogens (primary N) is 1. The maximum atomic E-state index is 11.1. The minimum absolute atomic E-state index is 0.285. The molecule has 5 heteroatoms. The highest BCUT2D eigenvalue weighted by atomic mass is 16.4. The van der Waals surface area contributed by atoms with Gasteiger partial charge in [0.05, 0.1) is 5.52 Å². The zero-order valence-electron chi connectivity index (χ0n) is 10.3. The molecule has 1 aliphatic carbocycles. The molecular weight excluding hydrogens is 230 g/mol. The van der Waals surface area contributed by atoms with Gasteiger partial charge in [0.25, 0.3) is 0 Å². The van der Waals surface area contributed by atoms with Gasteiger partial charge in [-0.1, -0.05) is 6.07 Å². The largest absolute Gasteiger partial charge is 0.417 e. The summed E-state index contributed by atoms with van der Waals surface area (Å²) in [4.78, 5) is 13.8. The quantitative estimate of drug-likeness (QED) is 0.759. The van der Waals surface area contributed by atoms with Crippen molar-refractivity contribution in [2.75, 3.05) is 7.05 Å². The Bertz CT molecular complexity index is 610. The lowest BCUT2D eigenvalue weighted by atomic mass is 9.74. The molecule has 1 unspecified atom stereocenters. The molecule has 1 aliphatic rings. The summed E-state index contributed by atoms with van der Waals surface area (Å²) in [6, 6.07) is 6.44. The lowest BCUT2D eigenvalue weighted by molar-refractivity contribution is 0.204.